The number of aromatic nitrogens is 3. The third kappa shape index (κ3) is 3.51. The maximum Gasteiger partial charge on any atom is 0.281 e. The van der Waals surface area contributed by atoms with Crippen LogP contribution < -0.4 is 5.73 Å². The molecule has 2 aliphatic heterocycles. The zero-order chi connectivity index (χ0) is 16.4. The van der Waals surface area contributed by atoms with Gasteiger partial charge in [-0.2, -0.15) is 27.1 Å². The Labute approximate surface area is 137 Å². The van der Waals surface area contributed by atoms with Crippen LogP contribution in [0.1, 0.15) is 50.3 Å². The summed E-state index contributed by atoms with van der Waals surface area (Å²) in [5, 5.41) is 4.33. The lowest BCUT2D eigenvalue weighted by Gasteiger charge is -2.33. The summed E-state index contributed by atoms with van der Waals surface area (Å²) in [5.74, 6) is 1.32. The predicted molar refractivity (Wildman–Crippen MR) is 87.9 cm³/mol. The van der Waals surface area contributed by atoms with Crippen molar-refractivity contribution in [1.82, 2.24) is 23.4 Å². The fraction of sp³-hybridized carbons (Fsp3) is 0.857. The van der Waals surface area contributed by atoms with E-state index in [0.29, 0.717) is 32.1 Å². The van der Waals surface area contributed by atoms with Crippen LogP contribution in [0.15, 0.2) is 0 Å². The second kappa shape index (κ2) is 6.74. The number of hydrogen-bond donors (Lipinski definition) is 1. The molecule has 0 unspecified atom stereocenters. The minimum absolute atomic E-state index is 0.189. The first kappa shape index (κ1) is 16.7. The summed E-state index contributed by atoms with van der Waals surface area (Å²) < 4.78 is 30.4. The van der Waals surface area contributed by atoms with Gasteiger partial charge in [0.15, 0.2) is 5.82 Å². The molecule has 0 spiro atoms. The van der Waals surface area contributed by atoms with E-state index in [1.807, 2.05) is 0 Å². The van der Waals surface area contributed by atoms with Crippen molar-refractivity contribution in [2.75, 3.05) is 31.9 Å². The van der Waals surface area contributed by atoms with Crippen molar-refractivity contribution < 1.29 is 8.42 Å². The van der Waals surface area contributed by atoms with Gasteiger partial charge in [-0.3, -0.25) is 0 Å². The number of nitrogen functional groups attached to an aromatic ring is 1. The first-order valence-corrected chi connectivity index (χ1v) is 9.80. The maximum atomic E-state index is 12.8. The molecule has 2 aliphatic rings. The maximum absolute atomic E-state index is 12.8. The largest absolute Gasteiger partial charge is 0.368 e. The molecule has 9 heteroatoms. The van der Waals surface area contributed by atoms with Crippen molar-refractivity contribution in [3.8, 4) is 0 Å². The first-order chi connectivity index (χ1) is 11.0. The fourth-order valence-corrected chi connectivity index (χ4v) is 5.09. The Morgan fingerprint density at radius 1 is 1.00 bits per heavy atom. The van der Waals surface area contributed by atoms with Crippen molar-refractivity contribution in [2.24, 2.45) is 7.05 Å². The number of hydrogen-bond acceptors (Lipinski definition) is 5. The van der Waals surface area contributed by atoms with Crippen molar-refractivity contribution in [1.29, 1.82) is 0 Å². The normalized spacial score (nSPS) is 23.0. The Bertz CT molecular complexity index is 608. The topological polar surface area (TPSA) is 97.4 Å². The van der Waals surface area contributed by atoms with Gasteiger partial charge >= 0.3 is 0 Å². The summed E-state index contributed by atoms with van der Waals surface area (Å²) in [4.78, 5) is 4.27. The van der Waals surface area contributed by atoms with Crippen LogP contribution in [0.4, 0.5) is 5.95 Å². The second-order valence-corrected chi connectivity index (χ2v) is 8.37. The molecule has 0 aromatic carbocycles. The molecule has 2 fully saturated rings. The molecule has 3 heterocycles. The number of aryl methyl sites for hydroxylation is 1. The summed E-state index contributed by atoms with van der Waals surface area (Å²) in [5.41, 5.74) is 5.73. The number of rotatable bonds is 3. The van der Waals surface area contributed by atoms with Crippen LogP contribution >= 0.6 is 0 Å². The van der Waals surface area contributed by atoms with Crippen LogP contribution in [0, 0.1) is 0 Å². The summed E-state index contributed by atoms with van der Waals surface area (Å²) in [6, 6.07) is 0. The highest BCUT2D eigenvalue weighted by atomic mass is 32.2. The number of nitrogens with two attached hydrogens (primary N) is 1. The third-order valence-electron chi connectivity index (χ3n) is 4.85. The number of nitrogens with zero attached hydrogens (tertiary/aromatic N) is 5. The molecule has 2 saturated heterocycles. The molecule has 1 aromatic heterocycles. The highest BCUT2D eigenvalue weighted by molar-refractivity contribution is 7.86. The average Bonchev–Trinajstić information content (AvgIpc) is 2.75. The minimum atomic E-state index is -3.32. The Kier molecular flexibility index (Phi) is 4.88. The quantitative estimate of drug-likeness (QED) is 0.872. The van der Waals surface area contributed by atoms with Gasteiger partial charge in [0, 0.05) is 39.1 Å². The lowest BCUT2D eigenvalue weighted by Crippen LogP contribution is -2.47. The molecule has 2 N–H and O–H groups in total. The van der Waals surface area contributed by atoms with Crippen LogP contribution in [0.5, 0.6) is 0 Å². The van der Waals surface area contributed by atoms with E-state index >= 15 is 0 Å². The van der Waals surface area contributed by atoms with E-state index in [9.17, 15) is 8.42 Å². The van der Waals surface area contributed by atoms with E-state index in [0.717, 1.165) is 44.3 Å². The Morgan fingerprint density at radius 3 is 2.09 bits per heavy atom. The molecular weight excluding hydrogens is 316 g/mol. The van der Waals surface area contributed by atoms with Crippen LogP contribution in [-0.2, 0) is 17.3 Å². The average molecular weight is 342 g/mol. The molecule has 1 aromatic rings. The highest BCUT2D eigenvalue weighted by Crippen LogP contribution is 2.28. The Morgan fingerprint density at radius 2 is 1.57 bits per heavy atom. The smallest absolute Gasteiger partial charge is 0.281 e. The minimum Gasteiger partial charge on any atom is -0.368 e. The standard InChI is InChI=1S/C14H26N6O2S/c1-18-14(15)16-13(17-18)12-6-10-20(11-7-12)23(21,22)19-8-4-2-3-5-9-19/h12H,2-11H2,1H3,(H2,15,16,17). The van der Waals surface area contributed by atoms with Gasteiger partial charge in [0.05, 0.1) is 0 Å². The third-order valence-corrected chi connectivity index (χ3v) is 6.89. The van der Waals surface area contributed by atoms with Gasteiger partial charge in [-0.15, -0.1) is 0 Å². The second-order valence-electron chi connectivity index (χ2n) is 6.45. The summed E-state index contributed by atoms with van der Waals surface area (Å²) >= 11 is 0. The molecule has 0 aliphatic carbocycles. The number of anilines is 1. The first-order valence-electron chi connectivity index (χ1n) is 8.40. The van der Waals surface area contributed by atoms with Crippen LogP contribution in [-0.4, -0.2) is 58.0 Å². The molecule has 0 radical (unpaired) electrons. The van der Waals surface area contributed by atoms with Gasteiger partial charge in [0.25, 0.3) is 10.2 Å². The van der Waals surface area contributed by atoms with E-state index in [1.54, 1.807) is 20.3 Å². The van der Waals surface area contributed by atoms with E-state index in [4.69, 9.17) is 5.73 Å². The van der Waals surface area contributed by atoms with Crippen LogP contribution in [0.2, 0.25) is 0 Å². The molecule has 0 saturated carbocycles. The zero-order valence-electron chi connectivity index (χ0n) is 13.7. The molecule has 0 bridgehead atoms. The molecule has 130 valence electrons. The predicted octanol–water partition coefficient (Wildman–Crippen LogP) is 0.698. The molecule has 3 rings (SSSR count). The van der Waals surface area contributed by atoms with Gasteiger partial charge in [-0.05, 0) is 25.7 Å². The summed E-state index contributed by atoms with van der Waals surface area (Å²) in [6.45, 7) is 2.37. The SMILES string of the molecule is Cn1nc(C2CCN(S(=O)(=O)N3CCCCCC3)CC2)nc1N. The van der Waals surface area contributed by atoms with Crippen molar-refractivity contribution in [3.63, 3.8) is 0 Å². The zero-order valence-corrected chi connectivity index (χ0v) is 14.5. The van der Waals surface area contributed by atoms with E-state index < -0.39 is 10.2 Å². The molecule has 23 heavy (non-hydrogen) atoms. The van der Waals surface area contributed by atoms with E-state index in [1.165, 1.54) is 0 Å². The van der Waals surface area contributed by atoms with Gasteiger partial charge in [0.2, 0.25) is 5.95 Å². The lowest BCUT2D eigenvalue weighted by molar-refractivity contribution is 0.283. The lowest BCUT2D eigenvalue weighted by atomic mass is 9.98. The summed E-state index contributed by atoms with van der Waals surface area (Å²) in [7, 11) is -1.55. The van der Waals surface area contributed by atoms with Crippen molar-refractivity contribution in [2.45, 2.75) is 44.4 Å². The van der Waals surface area contributed by atoms with Crippen molar-refractivity contribution >= 4 is 16.2 Å². The Hall–Kier alpha value is -1.19. The van der Waals surface area contributed by atoms with Gasteiger partial charge in [-0.1, -0.05) is 12.8 Å². The molecule has 0 amide bonds. The molecule has 0 atom stereocenters. The van der Waals surface area contributed by atoms with Gasteiger partial charge < -0.3 is 5.73 Å². The van der Waals surface area contributed by atoms with E-state index in [-0.39, 0.29) is 5.92 Å². The van der Waals surface area contributed by atoms with E-state index in [2.05, 4.69) is 10.1 Å². The summed E-state index contributed by atoms with van der Waals surface area (Å²) in [6.07, 6.45) is 5.68. The number of piperidine rings is 1. The molecular formula is C14H26N6O2S. The van der Waals surface area contributed by atoms with Gasteiger partial charge in [-0.25, -0.2) is 4.68 Å². The Balaban J connectivity index is 1.63. The highest BCUT2D eigenvalue weighted by Gasteiger charge is 2.34. The van der Waals surface area contributed by atoms with Gasteiger partial charge in [0.1, 0.15) is 0 Å². The van der Waals surface area contributed by atoms with Crippen LogP contribution in [0.3, 0.4) is 0 Å². The van der Waals surface area contributed by atoms with Crippen molar-refractivity contribution in [3.05, 3.63) is 5.82 Å². The van der Waals surface area contributed by atoms with Crippen LogP contribution in [0.25, 0.3) is 0 Å². The molecule has 8 nitrogen and oxygen atoms in total. The fourth-order valence-electron chi connectivity index (χ4n) is 3.37. The monoisotopic (exact) mass is 342 g/mol.